The third-order valence-electron chi connectivity index (χ3n) is 5.70. The van der Waals surface area contributed by atoms with Crippen LogP contribution in [-0.2, 0) is 11.3 Å². The molecule has 2 aromatic rings. The topological polar surface area (TPSA) is 68.6 Å². The van der Waals surface area contributed by atoms with E-state index < -0.39 is 0 Å². The third-order valence-corrected chi connectivity index (χ3v) is 5.70. The van der Waals surface area contributed by atoms with Crippen molar-refractivity contribution in [3.05, 3.63) is 42.2 Å². The van der Waals surface area contributed by atoms with Gasteiger partial charge in [-0.1, -0.05) is 6.07 Å². The van der Waals surface area contributed by atoms with Crippen LogP contribution in [0.15, 0.2) is 36.7 Å². The Labute approximate surface area is 159 Å². The summed E-state index contributed by atoms with van der Waals surface area (Å²) in [6, 6.07) is 7.71. The van der Waals surface area contributed by atoms with Gasteiger partial charge in [0.2, 0.25) is 0 Å². The summed E-state index contributed by atoms with van der Waals surface area (Å²) in [5, 5.41) is 7.41. The highest BCUT2D eigenvalue weighted by atomic mass is 16.5. The molecule has 1 unspecified atom stereocenters. The van der Waals surface area contributed by atoms with E-state index in [1.165, 1.54) is 0 Å². The molecule has 4 rings (SSSR count). The van der Waals surface area contributed by atoms with Crippen molar-refractivity contribution >= 4 is 6.03 Å². The summed E-state index contributed by atoms with van der Waals surface area (Å²) in [6.45, 7) is 2.02. The number of amides is 2. The molecule has 7 nitrogen and oxygen atoms in total. The molecule has 1 aromatic heterocycles. The molecule has 2 bridgehead atoms. The smallest absolute Gasteiger partial charge is 0.317 e. The number of ether oxygens (including phenoxy) is 2. The molecule has 1 aromatic carbocycles. The van der Waals surface area contributed by atoms with E-state index >= 15 is 0 Å². The summed E-state index contributed by atoms with van der Waals surface area (Å²) < 4.78 is 12.7. The molecule has 7 heteroatoms. The lowest BCUT2D eigenvalue weighted by Crippen LogP contribution is -2.51. The van der Waals surface area contributed by atoms with Crippen LogP contribution in [0.2, 0.25) is 0 Å². The first-order chi connectivity index (χ1) is 13.2. The molecule has 1 saturated heterocycles. The van der Waals surface area contributed by atoms with Crippen molar-refractivity contribution in [1.82, 2.24) is 20.0 Å². The van der Waals surface area contributed by atoms with Gasteiger partial charge in [-0.25, -0.2) is 9.48 Å². The second-order valence-electron chi connectivity index (χ2n) is 7.36. The van der Waals surface area contributed by atoms with Crippen molar-refractivity contribution in [2.24, 2.45) is 11.8 Å². The van der Waals surface area contributed by atoms with Crippen LogP contribution in [0.3, 0.4) is 0 Å². The van der Waals surface area contributed by atoms with Gasteiger partial charge in [-0.15, -0.1) is 0 Å². The highest BCUT2D eigenvalue weighted by molar-refractivity contribution is 5.74. The number of carbonyl (C=O) groups excluding carboxylic acids is 1. The van der Waals surface area contributed by atoms with Crippen LogP contribution >= 0.6 is 0 Å². The zero-order valence-corrected chi connectivity index (χ0v) is 15.8. The van der Waals surface area contributed by atoms with Gasteiger partial charge in [0.15, 0.2) is 0 Å². The van der Waals surface area contributed by atoms with E-state index in [4.69, 9.17) is 9.47 Å². The summed E-state index contributed by atoms with van der Waals surface area (Å²) in [6.07, 6.45) is 6.33. The monoisotopic (exact) mass is 370 g/mol. The molecular weight excluding hydrogens is 344 g/mol. The van der Waals surface area contributed by atoms with Crippen LogP contribution in [0.25, 0.3) is 5.69 Å². The van der Waals surface area contributed by atoms with E-state index in [0.717, 1.165) is 42.9 Å². The van der Waals surface area contributed by atoms with Gasteiger partial charge in [0.25, 0.3) is 0 Å². The van der Waals surface area contributed by atoms with Gasteiger partial charge in [-0.05, 0) is 25.0 Å². The number of urea groups is 1. The third kappa shape index (κ3) is 3.64. The fourth-order valence-electron chi connectivity index (χ4n) is 4.36. The van der Waals surface area contributed by atoms with Crippen molar-refractivity contribution in [2.45, 2.75) is 25.5 Å². The molecule has 1 saturated carbocycles. The van der Waals surface area contributed by atoms with Gasteiger partial charge >= 0.3 is 6.03 Å². The lowest BCUT2D eigenvalue weighted by molar-refractivity contribution is -0.00509. The van der Waals surface area contributed by atoms with Gasteiger partial charge < -0.3 is 19.7 Å². The Kier molecular flexibility index (Phi) is 5.03. The fraction of sp³-hybridized carbons (Fsp3) is 0.500. The van der Waals surface area contributed by atoms with Crippen molar-refractivity contribution in [3.63, 3.8) is 0 Å². The Hall–Kier alpha value is -2.54. The first-order valence-corrected chi connectivity index (χ1v) is 9.41. The molecule has 1 aliphatic carbocycles. The molecule has 0 radical (unpaired) electrons. The normalized spacial score (nSPS) is 24.1. The predicted molar refractivity (Wildman–Crippen MR) is 101 cm³/mol. The Bertz CT molecular complexity index is 792. The number of piperidine rings is 1. The van der Waals surface area contributed by atoms with Crippen molar-refractivity contribution in [1.29, 1.82) is 0 Å². The number of nitrogens with zero attached hydrogens (tertiary/aromatic N) is 3. The van der Waals surface area contributed by atoms with Gasteiger partial charge in [-0.3, -0.25) is 0 Å². The quantitative estimate of drug-likeness (QED) is 0.878. The lowest BCUT2D eigenvalue weighted by Gasteiger charge is -2.37. The molecule has 27 heavy (non-hydrogen) atoms. The van der Waals surface area contributed by atoms with E-state index in [1.54, 1.807) is 25.1 Å². The number of carbonyl (C=O) groups is 1. The second kappa shape index (κ2) is 7.60. The predicted octanol–water partition coefficient (Wildman–Crippen LogP) is 2.45. The highest BCUT2D eigenvalue weighted by Gasteiger charge is 2.43. The van der Waals surface area contributed by atoms with Gasteiger partial charge in [-0.2, -0.15) is 5.10 Å². The van der Waals surface area contributed by atoms with Crippen LogP contribution in [-0.4, -0.2) is 54.1 Å². The summed E-state index contributed by atoms with van der Waals surface area (Å²) >= 11 is 0. The highest BCUT2D eigenvalue weighted by Crippen LogP contribution is 2.38. The molecule has 1 aliphatic heterocycles. The zero-order chi connectivity index (χ0) is 18.8. The minimum Gasteiger partial charge on any atom is -0.497 e. The Morgan fingerprint density at radius 2 is 2.04 bits per heavy atom. The molecule has 144 valence electrons. The molecule has 1 N–H and O–H groups in total. The van der Waals surface area contributed by atoms with E-state index in [9.17, 15) is 4.79 Å². The molecule has 2 heterocycles. The number of likely N-dealkylation sites (tertiary alicyclic amines) is 1. The van der Waals surface area contributed by atoms with E-state index in [0.29, 0.717) is 24.5 Å². The van der Waals surface area contributed by atoms with Gasteiger partial charge in [0.1, 0.15) is 5.75 Å². The maximum Gasteiger partial charge on any atom is 0.317 e. The van der Waals surface area contributed by atoms with Crippen LogP contribution in [0.5, 0.6) is 5.75 Å². The molecule has 2 fully saturated rings. The number of benzene rings is 1. The molecular formula is C20H26N4O3. The summed E-state index contributed by atoms with van der Waals surface area (Å²) in [4.78, 5) is 14.5. The Morgan fingerprint density at radius 3 is 2.74 bits per heavy atom. The maximum absolute atomic E-state index is 12.6. The summed E-state index contributed by atoms with van der Waals surface area (Å²) in [7, 11) is 3.43. The van der Waals surface area contributed by atoms with Crippen LogP contribution in [0, 0.1) is 11.8 Å². The molecule has 3 atom stereocenters. The average Bonchev–Trinajstić information content (AvgIpc) is 3.27. The van der Waals surface area contributed by atoms with Gasteiger partial charge in [0, 0.05) is 56.4 Å². The Morgan fingerprint density at radius 1 is 1.26 bits per heavy atom. The average molecular weight is 370 g/mol. The van der Waals surface area contributed by atoms with Crippen molar-refractivity contribution in [2.75, 3.05) is 27.3 Å². The van der Waals surface area contributed by atoms with E-state index in [1.807, 2.05) is 35.4 Å². The number of methoxy groups -OCH3 is 2. The summed E-state index contributed by atoms with van der Waals surface area (Å²) in [5.74, 6) is 1.72. The SMILES string of the molecule is COc1cccc(-n2cc(CNC(=O)N3C[C@H]4CC[C@@H](C3)C4OC)cn2)c1. The number of fused-ring (bicyclic) bond motifs is 2. The van der Waals surface area contributed by atoms with Gasteiger partial charge in [0.05, 0.1) is 25.1 Å². The molecule has 0 spiro atoms. The number of aromatic nitrogens is 2. The van der Waals surface area contributed by atoms with Crippen LogP contribution in [0.4, 0.5) is 4.79 Å². The van der Waals surface area contributed by atoms with Crippen LogP contribution in [0.1, 0.15) is 18.4 Å². The largest absolute Gasteiger partial charge is 0.497 e. The van der Waals surface area contributed by atoms with E-state index in [2.05, 4.69) is 10.4 Å². The Balaban J connectivity index is 1.34. The number of hydrogen-bond donors (Lipinski definition) is 1. The second-order valence-corrected chi connectivity index (χ2v) is 7.36. The minimum atomic E-state index is -0.00409. The standard InChI is InChI=1S/C20H26N4O3/c1-26-18-5-3-4-17(8-18)24-11-14(10-22-24)9-21-20(25)23-12-15-6-7-16(13-23)19(15)27-2/h3-5,8,10-11,15-16,19H,6-7,9,12-13H2,1-2H3,(H,21,25)/t15-,16+,19?. The first-order valence-electron chi connectivity index (χ1n) is 9.41. The van der Waals surface area contributed by atoms with E-state index in [-0.39, 0.29) is 6.03 Å². The number of rotatable bonds is 5. The maximum atomic E-state index is 12.6. The molecule has 2 aliphatic rings. The van der Waals surface area contributed by atoms with Crippen molar-refractivity contribution in [3.8, 4) is 11.4 Å². The number of nitrogens with one attached hydrogen (secondary N) is 1. The lowest BCUT2D eigenvalue weighted by atomic mass is 9.95. The minimum absolute atomic E-state index is 0.00409. The number of hydrogen-bond acceptors (Lipinski definition) is 4. The zero-order valence-electron chi connectivity index (χ0n) is 15.8. The van der Waals surface area contributed by atoms with Crippen LogP contribution < -0.4 is 10.1 Å². The van der Waals surface area contributed by atoms with Crippen molar-refractivity contribution < 1.29 is 14.3 Å². The summed E-state index contributed by atoms with van der Waals surface area (Å²) in [5.41, 5.74) is 1.88. The molecule has 2 amide bonds. The first kappa shape index (κ1) is 17.9. The fourth-order valence-corrected chi connectivity index (χ4v) is 4.36.